The molecule has 6 nitrogen and oxygen atoms in total. The number of aryl methyl sites for hydroxylation is 1. The number of benzene rings is 1. The topological polar surface area (TPSA) is 77.5 Å². The monoisotopic (exact) mass is 273 g/mol. The minimum absolute atomic E-state index is 0.244. The molecule has 0 spiro atoms. The lowest BCUT2D eigenvalue weighted by Crippen LogP contribution is -2.10. The van der Waals surface area contributed by atoms with Crippen LogP contribution in [0.5, 0.6) is 11.6 Å². The van der Waals surface area contributed by atoms with Gasteiger partial charge in [0.15, 0.2) is 5.82 Å². The fraction of sp³-hybridized carbons (Fsp3) is 0.0769. The minimum Gasteiger partial charge on any atom is -0.436 e. The van der Waals surface area contributed by atoms with E-state index in [2.05, 4.69) is 15.4 Å². The van der Waals surface area contributed by atoms with E-state index in [1.807, 2.05) is 0 Å². The van der Waals surface area contributed by atoms with Gasteiger partial charge in [0.1, 0.15) is 11.6 Å². The number of hydrogen-bond acceptors (Lipinski definition) is 5. The van der Waals surface area contributed by atoms with E-state index in [0.29, 0.717) is 22.8 Å². The quantitative estimate of drug-likeness (QED) is 0.565. The molecular weight excluding hydrogens is 261 g/mol. The number of nitrogens with two attached hydrogens (primary N) is 1. The first-order valence-electron chi connectivity index (χ1n) is 5.91. The van der Waals surface area contributed by atoms with Crippen LogP contribution in [0.2, 0.25) is 0 Å². The van der Waals surface area contributed by atoms with Crippen LogP contribution in [0.25, 0.3) is 5.65 Å². The molecule has 2 heterocycles. The van der Waals surface area contributed by atoms with Crippen molar-refractivity contribution in [3.8, 4) is 11.6 Å². The molecule has 0 aliphatic rings. The average Bonchev–Trinajstić information content (AvgIpc) is 2.91. The van der Waals surface area contributed by atoms with Gasteiger partial charge in [0, 0.05) is 18.5 Å². The molecule has 0 fully saturated rings. The van der Waals surface area contributed by atoms with Crippen LogP contribution in [0.15, 0.2) is 36.8 Å². The van der Waals surface area contributed by atoms with Gasteiger partial charge in [-0.1, -0.05) is 6.07 Å². The summed E-state index contributed by atoms with van der Waals surface area (Å²) in [4.78, 5) is 8.32. The fourth-order valence-corrected chi connectivity index (χ4v) is 1.79. The van der Waals surface area contributed by atoms with Crippen molar-refractivity contribution in [2.75, 3.05) is 5.43 Å². The van der Waals surface area contributed by atoms with Crippen LogP contribution < -0.4 is 16.0 Å². The van der Waals surface area contributed by atoms with Gasteiger partial charge in [-0.3, -0.25) is 4.40 Å². The largest absolute Gasteiger partial charge is 0.436 e. The first kappa shape index (κ1) is 12.4. The summed E-state index contributed by atoms with van der Waals surface area (Å²) in [5.41, 5.74) is 3.51. The maximum Gasteiger partial charge on any atom is 0.265 e. The molecule has 0 radical (unpaired) electrons. The number of nitrogens with zero attached hydrogens (tertiary/aromatic N) is 3. The molecule has 0 saturated carbocycles. The Balaban J connectivity index is 2.04. The molecule has 0 atom stereocenters. The number of imidazole rings is 1. The Kier molecular flexibility index (Phi) is 2.96. The van der Waals surface area contributed by atoms with Gasteiger partial charge >= 0.3 is 0 Å². The third kappa shape index (κ3) is 2.14. The first-order chi connectivity index (χ1) is 9.67. The molecule has 0 unspecified atom stereocenters. The van der Waals surface area contributed by atoms with Crippen molar-refractivity contribution < 1.29 is 9.13 Å². The summed E-state index contributed by atoms with van der Waals surface area (Å²) in [5.74, 6) is 6.02. The van der Waals surface area contributed by atoms with E-state index in [-0.39, 0.29) is 11.7 Å². The Hall–Kier alpha value is -2.67. The van der Waals surface area contributed by atoms with Gasteiger partial charge in [0.2, 0.25) is 5.65 Å². The van der Waals surface area contributed by atoms with E-state index in [1.54, 1.807) is 42.0 Å². The number of halogens is 1. The van der Waals surface area contributed by atoms with E-state index >= 15 is 0 Å². The molecule has 0 saturated heterocycles. The summed E-state index contributed by atoms with van der Waals surface area (Å²) >= 11 is 0. The van der Waals surface area contributed by atoms with E-state index < -0.39 is 0 Å². The number of rotatable bonds is 3. The van der Waals surface area contributed by atoms with Crippen LogP contribution in [-0.2, 0) is 0 Å². The Morgan fingerprint density at radius 3 is 3.00 bits per heavy atom. The molecule has 20 heavy (non-hydrogen) atoms. The van der Waals surface area contributed by atoms with Gasteiger partial charge in [-0.15, -0.1) is 0 Å². The molecule has 2 aromatic heterocycles. The zero-order valence-corrected chi connectivity index (χ0v) is 10.7. The third-order valence-electron chi connectivity index (χ3n) is 2.85. The Labute approximate surface area is 114 Å². The van der Waals surface area contributed by atoms with Gasteiger partial charge in [-0.25, -0.2) is 15.2 Å². The predicted octanol–water partition coefficient (Wildman–Crippen LogP) is 2.25. The predicted molar refractivity (Wildman–Crippen MR) is 72.0 cm³/mol. The van der Waals surface area contributed by atoms with Crippen LogP contribution >= 0.6 is 0 Å². The van der Waals surface area contributed by atoms with E-state index in [1.165, 1.54) is 6.07 Å². The average molecular weight is 273 g/mol. The summed E-state index contributed by atoms with van der Waals surface area (Å²) in [6.45, 7) is 1.68. The Morgan fingerprint density at radius 1 is 1.40 bits per heavy atom. The van der Waals surface area contributed by atoms with Crippen LogP contribution in [0.1, 0.15) is 5.56 Å². The highest BCUT2D eigenvalue weighted by atomic mass is 19.1. The molecular formula is C13H12FN5O. The van der Waals surface area contributed by atoms with Crippen LogP contribution in [0.3, 0.4) is 0 Å². The van der Waals surface area contributed by atoms with Crippen LogP contribution in [0.4, 0.5) is 10.2 Å². The second-order valence-corrected chi connectivity index (χ2v) is 4.25. The standard InChI is InChI=1S/C13H12FN5O/c1-8-2-3-9(6-10(8)14)20-13-12-16-4-5-19(12)7-11(17-13)18-15/h2-7,18H,15H2,1H3. The van der Waals surface area contributed by atoms with Gasteiger partial charge in [-0.05, 0) is 18.6 Å². The van der Waals surface area contributed by atoms with Crippen molar-refractivity contribution >= 4 is 11.5 Å². The normalized spacial score (nSPS) is 10.8. The molecule has 7 heteroatoms. The van der Waals surface area contributed by atoms with Gasteiger partial charge in [-0.2, -0.15) is 4.98 Å². The van der Waals surface area contributed by atoms with Crippen molar-refractivity contribution in [1.29, 1.82) is 0 Å². The molecule has 0 amide bonds. The van der Waals surface area contributed by atoms with E-state index in [9.17, 15) is 4.39 Å². The lowest BCUT2D eigenvalue weighted by Gasteiger charge is -2.09. The lowest BCUT2D eigenvalue weighted by molar-refractivity contribution is 0.460. The highest BCUT2D eigenvalue weighted by Gasteiger charge is 2.10. The number of nitrogen functional groups attached to an aromatic ring is 1. The van der Waals surface area contributed by atoms with Crippen molar-refractivity contribution in [1.82, 2.24) is 14.4 Å². The summed E-state index contributed by atoms with van der Waals surface area (Å²) in [7, 11) is 0. The van der Waals surface area contributed by atoms with Crippen molar-refractivity contribution in [2.45, 2.75) is 6.92 Å². The Bertz CT molecular complexity index is 771. The minimum atomic E-state index is -0.338. The number of hydrazine groups is 1. The van der Waals surface area contributed by atoms with Crippen molar-refractivity contribution in [2.24, 2.45) is 5.84 Å². The molecule has 3 rings (SSSR count). The molecule has 1 aromatic carbocycles. The smallest absolute Gasteiger partial charge is 0.265 e. The van der Waals surface area contributed by atoms with Crippen molar-refractivity contribution in [3.63, 3.8) is 0 Å². The van der Waals surface area contributed by atoms with Gasteiger partial charge < -0.3 is 10.2 Å². The maximum absolute atomic E-state index is 13.5. The number of hydrogen-bond donors (Lipinski definition) is 2. The van der Waals surface area contributed by atoms with Gasteiger partial charge in [0.25, 0.3) is 5.88 Å². The Morgan fingerprint density at radius 2 is 2.25 bits per heavy atom. The second kappa shape index (κ2) is 4.78. The van der Waals surface area contributed by atoms with E-state index in [0.717, 1.165) is 0 Å². The fourth-order valence-electron chi connectivity index (χ4n) is 1.79. The number of ether oxygens (including phenoxy) is 1. The summed E-state index contributed by atoms with van der Waals surface area (Å²) in [5, 5.41) is 0. The zero-order chi connectivity index (χ0) is 14.1. The molecule has 0 aliphatic heterocycles. The number of anilines is 1. The second-order valence-electron chi connectivity index (χ2n) is 4.25. The number of aromatic nitrogens is 3. The summed E-state index contributed by atoms with van der Waals surface area (Å²) < 4.78 is 20.8. The molecule has 3 aromatic rings. The van der Waals surface area contributed by atoms with Crippen LogP contribution in [-0.4, -0.2) is 14.4 Å². The molecule has 0 aliphatic carbocycles. The summed E-state index contributed by atoms with van der Waals surface area (Å²) in [6.07, 6.45) is 5.02. The van der Waals surface area contributed by atoms with E-state index in [4.69, 9.17) is 10.6 Å². The summed E-state index contributed by atoms with van der Waals surface area (Å²) in [6, 6.07) is 4.61. The number of fused-ring (bicyclic) bond motifs is 1. The van der Waals surface area contributed by atoms with Crippen molar-refractivity contribution in [3.05, 3.63) is 48.2 Å². The highest BCUT2D eigenvalue weighted by molar-refractivity contribution is 5.54. The lowest BCUT2D eigenvalue weighted by atomic mass is 10.2. The first-order valence-corrected chi connectivity index (χ1v) is 5.91. The highest BCUT2D eigenvalue weighted by Crippen LogP contribution is 2.26. The molecule has 0 bridgehead atoms. The van der Waals surface area contributed by atoms with Gasteiger partial charge in [0.05, 0.1) is 6.20 Å². The zero-order valence-electron chi connectivity index (χ0n) is 10.7. The van der Waals surface area contributed by atoms with Crippen LogP contribution in [0, 0.1) is 12.7 Å². The molecule has 102 valence electrons. The maximum atomic E-state index is 13.5. The number of nitrogens with one attached hydrogen (secondary N) is 1. The SMILES string of the molecule is Cc1ccc(Oc2nc(NN)cn3ccnc23)cc1F. The molecule has 3 N–H and O–H groups in total. The third-order valence-corrected chi connectivity index (χ3v) is 2.85.